The summed E-state index contributed by atoms with van der Waals surface area (Å²) < 4.78 is 1.69. The Kier molecular flexibility index (Phi) is 3.85. The van der Waals surface area contributed by atoms with Crippen LogP contribution >= 0.6 is 0 Å². The predicted molar refractivity (Wildman–Crippen MR) is 64.0 cm³/mol. The third kappa shape index (κ3) is 3.27. The van der Waals surface area contributed by atoms with Crippen molar-refractivity contribution in [1.82, 2.24) is 25.3 Å². The summed E-state index contributed by atoms with van der Waals surface area (Å²) in [6, 6.07) is 2.83. The van der Waals surface area contributed by atoms with E-state index in [0.29, 0.717) is 18.7 Å². The van der Waals surface area contributed by atoms with Gasteiger partial charge in [0.2, 0.25) is 5.56 Å². The molecule has 0 saturated heterocycles. The first-order chi connectivity index (χ1) is 8.75. The number of amides is 1. The molecular weight excluding hydrogens is 234 g/mol. The molecule has 0 aliphatic carbocycles. The van der Waals surface area contributed by atoms with Crippen LogP contribution in [0, 0.1) is 0 Å². The van der Waals surface area contributed by atoms with Gasteiger partial charge in [0.05, 0.1) is 6.20 Å². The number of aryl methyl sites for hydroxylation is 1. The zero-order chi connectivity index (χ0) is 12.8. The Bertz CT molecular complexity index is 561. The number of hydrogen-bond donors (Lipinski definition) is 2. The van der Waals surface area contributed by atoms with Crippen molar-refractivity contribution in [3.8, 4) is 0 Å². The topological polar surface area (TPSA) is 92.7 Å². The van der Waals surface area contributed by atoms with Gasteiger partial charge < -0.3 is 10.3 Å². The maximum absolute atomic E-state index is 11.7. The number of carbonyl (C=O) groups is 1. The van der Waals surface area contributed by atoms with E-state index in [2.05, 4.69) is 20.6 Å². The minimum Gasteiger partial charge on any atom is -0.352 e. The van der Waals surface area contributed by atoms with Crippen LogP contribution in [0.25, 0.3) is 0 Å². The zero-order valence-electron chi connectivity index (χ0n) is 9.67. The highest BCUT2D eigenvalue weighted by molar-refractivity contribution is 5.93. The van der Waals surface area contributed by atoms with Crippen molar-refractivity contribution < 1.29 is 4.79 Å². The SMILES string of the molecule is O=C(NCCCn1ccnn1)c1cc[nH]c(=O)c1. The highest BCUT2D eigenvalue weighted by Crippen LogP contribution is 1.93. The molecule has 0 aliphatic rings. The van der Waals surface area contributed by atoms with Gasteiger partial charge in [0.1, 0.15) is 0 Å². The van der Waals surface area contributed by atoms with Gasteiger partial charge >= 0.3 is 0 Å². The van der Waals surface area contributed by atoms with Crippen LogP contribution in [-0.2, 0) is 6.54 Å². The van der Waals surface area contributed by atoms with Gasteiger partial charge in [-0.2, -0.15) is 0 Å². The molecule has 2 rings (SSSR count). The first kappa shape index (κ1) is 12.0. The minimum absolute atomic E-state index is 0.250. The van der Waals surface area contributed by atoms with Crippen LogP contribution in [0.5, 0.6) is 0 Å². The minimum atomic E-state index is -0.287. The molecule has 0 radical (unpaired) electrons. The zero-order valence-corrected chi connectivity index (χ0v) is 9.67. The Balaban J connectivity index is 1.77. The number of H-pyrrole nitrogens is 1. The second-order valence-corrected chi connectivity index (χ2v) is 3.72. The average molecular weight is 247 g/mol. The molecule has 0 atom stereocenters. The summed E-state index contributed by atoms with van der Waals surface area (Å²) in [5.41, 5.74) is 0.0739. The van der Waals surface area contributed by atoms with E-state index >= 15 is 0 Å². The monoisotopic (exact) mass is 247 g/mol. The molecule has 0 aliphatic heterocycles. The number of hydrogen-bond acceptors (Lipinski definition) is 4. The second kappa shape index (κ2) is 5.76. The molecular formula is C11H13N5O2. The van der Waals surface area contributed by atoms with E-state index in [4.69, 9.17) is 0 Å². The van der Waals surface area contributed by atoms with E-state index < -0.39 is 0 Å². The van der Waals surface area contributed by atoms with Crippen LogP contribution in [0.3, 0.4) is 0 Å². The number of rotatable bonds is 5. The lowest BCUT2D eigenvalue weighted by molar-refractivity contribution is 0.0952. The molecule has 2 aromatic heterocycles. The fourth-order valence-electron chi connectivity index (χ4n) is 1.48. The molecule has 18 heavy (non-hydrogen) atoms. The molecule has 1 amide bonds. The largest absolute Gasteiger partial charge is 0.352 e. The smallest absolute Gasteiger partial charge is 0.251 e. The quantitative estimate of drug-likeness (QED) is 0.715. The van der Waals surface area contributed by atoms with Gasteiger partial charge in [0.15, 0.2) is 0 Å². The number of aromatic nitrogens is 4. The normalized spacial score (nSPS) is 10.2. The van der Waals surface area contributed by atoms with Crippen molar-refractivity contribution in [3.05, 3.63) is 46.6 Å². The molecule has 0 fully saturated rings. The van der Waals surface area contributed by atoms with Crippen molar-refractivity contribution in [2.24, 2.45) is 0 Å². The number of aromatic amines is 1. The Labute approximate surface area is 103 Å². The Hall–Kier alpha value is -2.44. The van der Waals surface area contributed by atoms with Crippen LogP contribution in [0.2, 0.25) is 0 Å². The summed E-state index contributed by atoms with van der Waals surface area (Å²) >= 11 is 0. The van der Waals surface area contributed by atoms with Crippen LogP contribution in [0.4, 0.5) is 0 Å². The van der Waals surface area contributed by atoms with Crippen molar-refractivity contribution in [2.75, 3.05) is 6.54 Å². The standard InChI is InChI=1S/C11H13N5O2/c17-10-8-9(2-4-12-10)11(18)13-3-1-6-16-7-5-14-15-16/h2,4-5,7-8H,1,3,6H2,(H,12,17)(H,13,18). The number of nitrogens with zero attached hydrogens (tertiary/aromatic N) is 3. The summed E-state index contributed by atoms with van der Waals surface area (Å²) in [5.74, 6) is -0.250. The molecule has 0 spiro atoms. The van der Waals surface area contributed by atoms with E-state index in [1.807, 2.05) is 0 Å². The van der Waals surface area contributed by atoms with Crippen LogP contribution < -0.4 is 10.9 Å². The van der Waals surface area contributed by atoms with E-state index in [9.17, 15) is 9.59 Å². The lowest BCUT2D eigenvalue weighted by atomic mass is 10.2. The summed E-state index contributed by atoms with van der Waals surface area (Å²) in [4.78, 5) is 25.1. The van der Waals surface area contributed by atoms with E-state index in [1.165, 1.54) is 12.3 Å². The van der Waals surface area contributed by atoms with Crippen LogP contribution in [0.1, 0.15) is 16.8 Å². The first-order valence-corrected chi connectivity index (χ1v) is 5.57. The fraction of sp³-hybridized carbons (Fsp3) is 0.273. The van der Waals surface area contributed by atoms with Gasteiger partial charge in [-0.3, -0.25) is 14.3 Å². The molecule has 0 aromatic carbocycles. The van der Waals surface area contributed by atoms with Gasteiger partial charge in [-0.15, -0.1) is 5.10 Å². The maximum Gasteiger partial charge on any atom is 0.251 e. The summed E-state index contributed by atoms with van der Waals surface area (Å²) in [7, 11) is 0. The fourth-order valence-corrected chi connectivity index (χ4v) is 1.48. The van der Waals surface area contributed by atoms with Crippen molar-refractivity contribution in [3.63, 3.8) is 0 Å². The highest BCUT2D eigenvalue weighted by Gasteiger charge is 2.04. The average Bonchev–Trinajstić information content (AvgIpc) is 2.87. The first-order valence-electron chi connectivity index (χ1n) is 5.57. The molecule has 0 bridgehead atoms. The number of carbonyl (C=O) groups excluding carboxylic acids is 1. The predicted octanol–water partition coefficient (Wildman–Crippen LogP) is -0.214. The lowest BCUT2D eigenvalue weighted by Crippen LogP contribution is -2.26. The molecule has 2 aromatic rings. The van der Waals surface area contributed by atoms with E-state index in [-0.39, 0.29) is 11.5 Å². The van der Waals surface area contributed by atoms with Crippen molar-refractivity contribution in [1.29, 1.82) is 0 Å². The summed E-state index contributed by atoms with van der Waals surface area (Å²) in [6.07, 6.45) is 5.57. The van der Waals surface area contributed by atoms with Crippen molar-refractivity contribution >= 4 is 5.91 Å². The third-order valence-electron chi connectivity index (χ3n) is 2.36. The van der Waals surface area contributed by atoms with Gasteiger partial charge in [-0.25, -0.2) is 0 Å². The molecule has 0 saturated carbocycles. The van der Waals surface area contributed by atoms with Crippen molar-refractivity contribution in [2.45, 2.75) is 13.0 Å². The molecule has 7 nitrogen and oxygen atoms in total. The molecule has 7 heteroatoms. The molecule has 94 valence electrons. The Morgan fingerprint density at radius 3 is 3.11 bits per heavy atom. The van der Waals surface area contributed by atoms with Crippen LogP contribution in [-0.4, -0.2) is 32.4 Å². The van der Waals surface area contributed by atoms with Gasteiger partial charge in [0.25, 0.3) is 5.91 Å². The van der Waals surface area contributed by atoms with Crippen LogP contribution in [0.15, 0.2) is 35.5 Å². The van der Waals surface area contributed by atoms with Gasteiger partial charge in [-0.05, 0) is 12.5 Å². The summed E-state index contributed by atoms with van der Waals surface area (Å²) in [5, 5.41) is 10.2. The lowest BCUT2D eigenvalue weighted by Gasteiger charge is -2.04. The van der Waals surface area contributed by atoms with Gasteiger partial charge in [-0.1, -0.05) is 5.21 Å². The number of pyridine rings is 1. The molecule has 2 heterocycles. The Morgan fingerprint density at radius 1 is 1.50 bits per heavy atom. The molecule has 2 N–H and O–H groups in total. The second-order valence-electron chi connectivity index (χ2n) is 3.72. The molecule has 0 unspecified atom stereocenters. The van der Waals surface area contributed by atoms with E-state index in [0.717, 1.165) is 6.42 Å². The third-order valence-corrected chi connectivity index (χ3v) is 2.36. The van der Waals surface area contributed by atoms with E-state index in [1.54, 1.807) is 23.1 Å². The highest BCUT2D eigenvalue weighted by atomic mass is 16.2. The van der Waals surface area contributed by atoms with Gasteiger partial charge in [0, 0.05) is 37.1 Å². The summed E-state index contributed by atoms with van der Waals surface area (Å²) in [6.45, 7) is 1.21. The number of nitrogens with one attached hydrogen (secondary N) is 2. The Morgan fingerprint density at radius 2 is 2.39 bits per heavy atom. The maximum atomic E-state index is 11.7.